The van der Waals surface area contributed by atoms with Crippen molar-refractivity contribution in [2.75, 3.05) is 0 Å². The molecular formula is C16H10F2N4O2S. The predicted molar refractivity (Wildman–Crippen MR) is 86.9 cm³/mol. The van der Waals surface area contributed by atoms with Gasteiger partial charge in [-0.1, -0.05) is 0 Å². The van der Waals surface area contributed by atoms with Crippen LogP contribution in [-0.4, -0.2) is 15.9 Å². The summed E-state index contributed by atoms with van der Waals surface area (Å²) in [4.78, 5) is 30.4. The number of nitrogens with one attached hydrogen (secondary N) is 2. The van der Waals surface area contributed by atoms with E-state index in [0.29, 0.717) is 5.01 Å². The van der Waals surface area contributed by atoms with E-state index < -0.39 is 23.1 Å². The summed E-state index contributed by atoms with van der Waals surface area (Å²) < 4.78 is 27.1. The highest BCUT2D eigenvalue weighted by molar-refractivity contribution is 7.09. The molecule has 1 amide bonds. The fraction of sp³-hybridized carbons (Fsp3) is 0.125. The number of pyridine rings is 1. The molecule has 3 rings (SSSR count). The van der Waals surface area contributed by atoms with Crippen molar-refractivity contribution < 1.29 is 13.6 Å². The van der Waals surface area contributed by atoms with Crippen molar-refractivity contribution in [3.63, 3.8) is 0 Å². The first-order valence-electron chi connectivity index (χ1n) is 7.09. The van der Waals surface area contributed by atoms with Crippen LogP contribution in [0.4, 0.5) is 8.78 Å². The summed E-state index contributed by atoms with van der Waals surface area (Å²) >= 11 is 1.22. The maximum absolute atomic E-state index is 13.8. The minimum absolute atomic E-state index is 0.0198. The molecule has 0 aliphatic heterocycles. The zero-order valence-electron chi connectivity index (χ0n) is 12.6. The van der Waals surface area contributed by atoms with Gasteiger partial charge in [-0.3, -0.25) is 9.59 Å². The van der Waals surface area contributed by atoms with Gasteiger partial charge < -0.3 is 10.3 Å². The number of benzene rings is 1. The molecule has 3 aromatic rings. The van der Waals surface area contributed by atoms with Crippen LogP contribution in [0.5, 0.6) is 0 Å². The maximum Gasteiger partial charge on any atom is 0.252 e. The van der Waals surface area contributed by atoms with Crippen molar-refractivity contribution in [3.8, 4) is 6.07 Å². The first kappa shape index (κ1) is 16.7. The third kappa shape index (κ3) is 3.54. The van der Waals surface area contributed by atoms with Crippen LogP contribution in [0.2, 0.25) is 0 Å². The quantitative estimate of drug-likeness (QED) is 0.743. The van der Waals surface area contributed by atoms with Crippen molar-refractivity contribution in [1.82, 2.24) is 15.3 Å². The van der Waals surface area contributed by atoms with Crippen LogP contribution in [0.25, 0.3) is 10.9 Å². The van der Waals surface area contributed by atoms with Gasteiger partial charge in [0.25, 0.3) is 5.56 Å². The van der Waals surface area contributed by atoms with E-state index in [1.807, 2.05) is 6.07 Å². The Balaban J connectivity index is 1.76. The summed E-state index contributed by atoms with van der Waals surface area (Å²) in [5.74, 6) is -2.59. The van der Waals surface area contributed by atoms with Gasteiger partial charge in [-0.2, -0.15) is 5.26 Å². The molecule has 0 radical (unpaired) electrons. The van der Waals surface area contributed by atoms with Crippen LogP contribution in [-0.2, 0) is 17.8 Å². The second kappa shape index (κ2) is 6.78. The van der Waals surface area contributed by atoms with Crippen LogP contribution < -0.4 is 10.9 Å². The zero-order valence-corrected chi connectivity index (χ0v) is 13.4. The third-order valence-electron chi connectivity index (χ3n) is 3.45. The number of fused-ring (bicyclic) bond motifs is 1. The first-order valence-corrected chi connectivity index (χ1v) is 7.97. The Kier molecular flexibility index (Phi) is 4.54. The molecule has 1 aromatic carbocycles. The minimum Gasteiger partial charge on any atom is -0.349 e. The topological polar surface area (TPSA) is 98.6 Å². The van der Waals surface area contributed by atoms with Crippen molar-refractivity contribution >= 4 is 28.1 Å². The molecule has 0 spiro atoms. The van der Waals surface area contributed by atoms with Gasteiger partial charge >= 0.3 is 0 Å². The van der Waals surface area contributed by atoms with Crippen molar-refractivity contribution in [1.29, 1.82) is 5.26 Å². The van der Waals surface area contributed by atoms with Gasteiger partial charge in [-0.25, -0.2) is 13.8 Å². The molecule has 2 N–H and O–H groups in total. The molecule has 6 nitrogen and oxygen atoms in total. The van der Waals surface area contributed by atoms with Gasteiger partial charge in [0.05, 0.1) is 18.5 Å². The van der Waals surface area contributed by atoms with Gasteiger partial charge in [0.15, 0.2) is 17.3 Å². The summed E-state index contributed by atoms with van der Waals surface area (Å²) in [6.07, 6.45) is -0.294. The Morgan fingerprint density at radius 1 is 1.40 bits per heavy atom. The average Bonchev–Trinajstić information content (AvgIpc) is 3.06. The van der Waals surface area contributed by atoms with Crippen LogP contribution in [0, 0.1) is 23.0 Å². The van der Waals surface area contributed by atoms with Crippen molar-refractivity contribution in [2.45, 2.75) is 13.0 Å². The number of halogens is 2. The molecule has 0 unspecified atom stereocenters. The number of carbonyl (C=O) groups is 1. The van der Waals surface area contributed by atoms with Crippen LogP contribution in [0.1, 0.15) is 16.3 Å². The number of amides is 1. The molecule has 0 aliphatic carbocycles. The molecule has 25 heavy (non-hydrogen) atoms. The lowest BCUT2D eigenvalue weighted by molar-refractivity contribution is -0.120. The molecule has 126 valence electrons. The molecule has 0 atom stereocenters. The maximum atomic E-state index is 13.8. The Morgan fingerprint density at radius 2 is 2.20 bits per heavy atom. The van der Waals surface area contributed by atoms with Crippen molar-refractivity contribution in [2.24, 2.45) is 0 Å². The van der Waals surface area contributed by atoms with Gasteiger partial charge in [-0.15, -0.1) is 11.3 Å². The Morgan fingerprint density at radius 3 is 2.92 bits per heavy atom. The highest BCUT2D eigenvalue weighted by Crippen LogP contribution is 2.18. The number of aromatic amines is 1. The molecular weight excluding hydrogens is 350 g/mol. The second-order valence-electron chi connectivity index (χ2n) is 5.14. The third-order valence-corrected chi connectivity index (χ3v) is 4.29. The largest absolute Gasteiger partial charge is 0.349 e. The van der Waals surface area contributed by atoms with E-state index in [4.69, 9.17) is 5.26 Å². The van der Waals surface area contributed by atoms with Gasteiger partial charge in [-0.05, 0) is 18.2 Å². The SMILES string of the molecule is N#Cc1csc(CNC(=O)Cc2cc3c(F)c(F)ccc3[nH]c2=O)n1. The van der Waals surface area contributed by atoms with Gasteiger partial charge in [0.1, 0.15) is 11.1 Å². The lowest BCUT2D eigenvalue weighted by atomic mass is 10.1. The molecule has 0 saturated carbocycles. The lowest BCUT2D eigenvalue weighted by Crippen LogP contribution is -2.27. The number of nitriles is 1. The summed E-state index contributed by atoms with van der Waals surface area (Å²) in [5.41, 5.74) is -0.112. The number of hydrogen-bond donors (Lipinski definition) is 2. The summed E-state index contributed by atoms with van der Waals surface area (Å²) in [6.45, 7) is 0.111. The van der Waals surface area contributed by atoms with Gasteiger partial charge in [0, 0.05) is 16.3 Å². The van der Waals surface area contributed by atoms with Crippen molar-refractivity contribution in [3.05, 3.63) is 61.8 Å². The highest BCUT2D eigenvalue weighted by atomic mass is 32.1. The summed E-state index contributed by atoms with van der Waals surface area (Å²) in [6, 6.07) is 5.23. The highest BCUT2D eigenvalue weighted by Gasteiger charge is 2.13. The first-order chi connectivity index (χ1) is 12.0. The Hall–Kier alpha value is -3.12. The number of aromatic nitrogens is 2. The van der Waals surface area contributed by atoms with E-state index in [-0.39, 0.29) is 35.1 Å². The van der Waals surface area contributed by atoms with E-state index in [1.165, 1.54) is 23.5 Å². The lowest BCUT2D eigenvalue weighted by Gasteiger charge is -2.06. The number of rotatable bonds is 4. The van der Waals surface area contributed by atoms with E-state index in [0.717, 1.165) is 6.07 Å². The number of nitrogens with zero attached hydrogens (tertiary/aromatic N) is 2. The Bertz CT molecular complexity index is 1070. The Labute approximate surface area is 143 Å². The fourth-order valence-electron chi connectivity index (χ4n) is 2.24. The molecule has 0 saturated heterocycles. The molecule has 0 aliphatic rings. The fourth-order valence-corrected chi connectivity index (χ4v) is 2.90. The zero-order chi connectivity index (χ0) is 18.0. The molecule has 0 bridgehead atoms. The standard InChI is InChI=1S/C16H10F2N4O2S/c17-11-1-2-12-10(15(11)18)3-8(16(24)22-12)4-13(23)20-6-14-21-9(5-19)7-25-14/h1-3,7H,4,6H2,(H,20,23)(H,22,24). The van der Waals surface area contributed by atoms with Crippen LogP contribution in [0.3, 0.4) is 0 Å². The van der Waals surface area contributed by atoms with Crippen LogP contribution in [0.15, 0.2) is 28.4 Å². The smallest absolute Gasteiger partial charge is 0.252 e. The summed E-state index contributed by atoms with van der Waals surface area (Å²) in [7, 11) is 0. The second-order valence-corrected chi connectivity index (χ2v) is 6.08. The molecule has 0 fully saturated rings. The number of H-pyrrole nitrogens is 1. The van der Waals surface area contributed by atoms with Crippen LogP contribution >= 0.6 is 11.3 Å². The summed E-state index contributed by atoms with van der Waals surface area (Å²) in [5, 5.41) is 13.3. The molecule has 2 heterocycles. The average molecular weight is 360 g/mol. The molecule has 9 heteroatoms. The van der Waals surface area contributed by atoms with E-state index in [2.05, 4.69) is 15.3 Å². The minimum atomic E-state index is -1.08. The number of thiazole rings is 1. The number of carbonyl (C=O) groups excluding carboxylic acids is 1. The number of hydrogen-bond acceptors (Lipinski definition) is 5. The van der Waals surface area contributed by atoms with E-state index in [9.17, 15) is 18.4 Å². The van der Waals surface area contributed by atoms with E-state index in [1.54, 1.807) is 5.38 Å². The normalized spacial score (nSPS) is 10.6. The predicted octanol–water partition coefficient (Wildman–Crippen LogP) is 1.99. The molecule has 2 aromatic heterocycles. The monoisotopic (exact) mass is 360 g/mol. The van der Waals surface area contributed by atoms with Gasteiger partial charge in [0.2, 0.25) is 5.91 Å². The van der Waals surface area contributed by atoms with E-state index >= 15 is 0 Å².